The van der Waals surface area contributed by atoms with Crippen LogP contribution in [-0.2, 0) is 9.53 Å². The Morgan fingerprint density at radius 2 is 2.00 bits per heavy atom. The van der Waals surface area contributed by atoms with E-state index in [-0.39, 0.29) is 11.5 Å². The smallest absolute Gasteiger partial charge is 0.335 e. The fourth-order valence-electron chi connectivity index (χ4n) is 2.05. The van der Waals surface area contributed by atoms with E-state index in [0.717, 1.165) is 32.1 Å². The molecule has 1 rings (SSSR count). The second-order valence-electron chi connectivity index (χ2n) is 4.51. The minimum Gasteiger partial charge on any atom is -0.427 e. The molecule has 4 heteroatoms. The molecule has 0 amide bonds. The Bertz CT molecular complexity index is 268. The Balaban J connectivity index is 2.67. The molecule has 0 aromatic carbocycles. The summed E-state index contributed by atoms with van der Waals surface area (Å²) in [6, 6.07) is 0. The van der Waals surface area contributed by atoms with E-state index in [1.807, 2.05) is 0 Å². The van der Waals surface area contributed by atoms with E-state index in [1.165, 1.54) is 6.92 Å². The van der Waals surface area contributed by atoms with Crippen molar-refractivity contribution in [3.05, 3.63) is 12.2 Å². The maximum atomic E-state index is 11.4. The van der Waals surface area contributed by atoms with Gasteiger partial charge < -0.3 is 14.9 Å². The van der Waals surface area contributed by atoms with Crippen LogP contribution in [0.25, 0.3) is 0 Å². The third-order valence-electron chi connectivity index (χ3n) is 3.09. The molecule has 1 unspecified atom stereocenters. The van der Waals surface area contributed by atoms with Gasteiger partial charge in [0, 0.05) is 11.5 Å². The highest BCUT2D eigenvalue weighted by atomic mass is 16.7. The topological polar surface area (TPSA) is 66.8 Å². The van der Waals surface area contributed by atoms with Crippen LogP contribution in [0.1, 0.15) is 39.0 Å². The van der Waals surface area contributed by atoms with Crippen molar-refractivity contribution < 1.29 is 19.7 Å². The largest absolute Gasteiger partial charge is 0.427 e. The van der Waals surface area contributed by atoms with E-state index in [0.29, 0.717) is 0 Å². The van der Waals surface area contributed by atoms with Gasteiger partial charge in [0.2, 0.25) is 5.79 Å². The number of rotatable bonds is 4. The van der Waals surface area contributed by atoms with E-state index in [2.05, 4.69) is 6.58 Å². The lowest BCUT2D eigenvalue weighted by Gasteiger charge is -2.36. The highest BCUT2D eigenvalue weighted by molar-refractivity contribution is 5.87. The van der Waals surface area contributed by atoms with Gasteiger partial charge in [-0.1, -0.05) is 25.8 Å². The van der Waals surface area contributed by atoms with Gasteiger partial charge in [0.25, 0.3) is 0 Å². The summed E-state index contributed by atoms with van der Waals surface area (Å²) >= 11 is 0. The lowest BCUT2D eigenvalue weighted by Crippen LogP contribution is -2.46. The molecular formula is C12H20O4. The van der Waals surface area contributed by atoms with Crippen LogP contribution in [0.4, 0.5) is 0 Å². The zero-order valence-corrected chi connectivity index (χ0v) is 9.74. The molecule has 4 nitrogen and oxygen atoms in total. The first-order valence-electron chi connectivity index (χ1n) is 5.71. The molecule has 0 heterocycles. The summed E-state index contributed by atoms with van der Waals surface area (Å²) in [6.45, 7) is 4.41. The summed E-state index contributed by atoms with van der Waals surface area (Å²) in [7, 11) is 0. The standard InChI is InChI=1S/C12H20O4/c1-9(2)11(14)16-12(15,8-13)10-6-4-3-5-7-10/h10,13,15H,1,3-8H2,2H3. The minimum atomic E-state index is -1.74. The maximum Gasteiger partial charge on any atom is 0.335 e. The lowest BCUT2D eigenvalue weighted by atomic mass is 9.83. The number of aliphatic hydroxyl groups is 2. The predicted molar refractivity (Wildman–Crippen MR) is 59.5 cm³/mol. The van der Waals surface area contributed by atoms with Crippen molar-refractivity contribution in [2.45, 2.75) is 44.8 Å². The molecule has 0 bridgehead atoms. The molecule has 2 N–H and O–H groups in total. The third kappa shape index (κ3) is 3.06. The highest BCUT2D eigenvalue weighted by Gasteiger charge is 2.40. The van der Waals surface area contributed by atoms with Gasteiger partial charge in [-0.15, -0.1) is 0 Å². The van der Waals surface area contributed by atoms with Crippen LogP contribution >= 0.6 is 0 Å². The normalized spacial score (nSPS) is 21.2. The van der Waals surface area contributed by atoms with Gasteiger partial charge >= 0.3 is 5.97 Å². The van der Waals surface area contributed by atoms with E-state index in [4.69, 9.17) is 4.74 Å². The van der Waals surface area contributed by atoms with Crippen LogP contribution in [0, 0.1) is 5.92 Å². The molecule has 1 saturated carbocycles. The zero-order chi connectivity index (χ0) is 12.2. The monoisotopic (exact) mass is 228 g/mol. The van der Waals surface area contributed by atoms with Crippen molar-refractivity contribution in [1.29, 1.82) is 0 Å². The van der Waals surface area contributed by atoms with Crippen molar-refractivity contribution in [2.24, 2.45) is 5.92 Å². The first kappa shape index (κ1) is 13.2. The molecule has 1 aliphatic carbocycles. The third-order valence-corrected chi connectivity index (χ3v) is 3.09. The number of carbonyl (C=O) groups excluding carboxylic acids is 1. The lowest BCUT2D eigenvalue weighted by molar-refractivity contribution is -0.247. The average molecular weight is 228 g/mol. The van der Waals surface area contributed by atoms with Crippen LogP contribution in [0.15, 0.2) is 12.2 Å². The van der Waals surface area contributed by atoms with E-state index >= 15 is 0 Å². The van der Waals surface area contributed by atoms with Crippen molar-refractivity contribution in [3.8, 4) is 0 Å². The SMILES string of the molecule is C=C(C)C(=O)OC(O)(CO)C1CCCCC1. The number of aliphatic hydroxyl groups excluding tert-OH is 1. The van der Waals surface area contributed by atoms with Crippen LogP contribution in [0.2, 0.25) is 0 Å². The summed E-state index contributed by atoms with van der Waals surface area (Å²) < 4.78 is 4.96. The molecular weight excluding hydrogens is 208 g/mol. The zero-order valence-electron chi connectivity index (χ0n) is 9.74. The molecule has 0 aromatic heterocycles. The number of hydrogen-bond donors (Lipinski definition) is 2. The molecule has 0 radical (unpaired) electrons. The number of ether oxygens (including phenoxy) is 1. The Hall–Kier alpha value is -0.870. The molecule has 0 aliphatic heterocycles. The fourth-order valence-corrected chi connectivity index (χ4v) is 2.05. The van der Waals surface area contributed by atoms with Crippen molar-refractivity contribution in [1.82, 2.24) is 0 Å². The van der Waals surface area contributed by atoms with E-state index < -0.39 is 18.4 Å². The minimum absolute atomic E-state index is 0.172. The number of carbonyl (C=O) groups is 1. The van der Waals surface area contributed by atoms with E-state index in [9.17, 15) is 15.0 Å². The first-order chi connectivity index (χ1) is 7.49. The van der Waals surface area contributed by atoms with Crippen molar-refractivity contribution in [3.63, 3.8) is 0 Å². The second-order valence-corrected chi connectivity index (χ2v) is 4.51. The summed E-state index contributed by atoms with van der Waals surface area (Å²) in [6.07, 6.45) is 4.68. The Labute approximate surface area is 95.9 Å². The van der Waals surface area contributed by atoms with Crippen molar-refractivity contribution >= 4 is 5.97 Å². The van der Waals surface area contributed by atoms with Gasteiger partial charge in [0.05, 0.1) is 0 Å². The Morgan fingerprint density at radius 3 is 2.44 bits per heavy atom. The van der Waals surface area contributed by atoms with Gasteiger partial charge in [-0.2, -0.15) is 0 Å². The molecule has 92 valence electrons. The fraction of sp³-hybridized carbons (Fsp3) is 0.750. The molecule has 0 aromatic rings. The molecule has 0 saturated heterocycles. The maximum absolute atomic E-state index is 11.4. The summed E-state index contributed by atoms with van der Waals surface area (Å²) in [5, 5.41) is 19.3. The van der Waals surface area contributed by atoms with Crippen molar-refractivity contribution in [2.75, 3.05) is 6.61 Å². The van der Waals surface area contributed by atoms with Crippen LogP contribution < -0.4 is 0 Å². The molecule has 16 heavy (non-hydrogen) atoms. The van der Waals surface area contributed by atoms with Crippen LogP contribution in [0.5, 0.6) is 0 Å². The quantitative estimate of drug-likeness (QED) is 0.433. The first-order valence-corrected chi connectivity index (χ1v) is 5.71. The number of hydrogen-bond acceptors (Lipinski definition) is 4. The van der Waals surface area contributed by atoms with Crippen LogP contribution in [0.3, 0.4) is 0 Å². The van der Waals surface area contributed by atoms with Gasteiger partial charge in [0.15, 0.2) is 0 Å². The molecule has 0 spiro atoms. The highest BCUT2D eigenvalue weighted by Crippen LogP contribution is 2.33. The van der Waals surface area contributed by atoms with Gasteiger partial charge in [-0.3, -0.25) is 0 Å². The molecule has 1 fully saturated rings. The second kappa shape index (κ2) is 5.46. The van der Waals surface area contributed by atoms with Gasteiger partial charge in [-0.25, -0.2) is 4.79 Å². The van der Waals surface area contributed by atoms with Crippen LogP contribution in [-0.4, -0.2) is 28.6 Å². The van der Waals surface area contributed by atoms with Gasteiger partial charge in [-0.05, 0) is 19.8 Å². The number of esters is 1. The van der Waals surface area contributed by atoms with E-state index in [1.54, 1.807) is 0 Å². The van der Waals surface area contributed by atoms with Gasteiger partial charge in [0.1, 0.15) is 6.61 Å². The summed E-state index contributed by atoms with van der Waals surface area (Å²) in [5.74, 6) is -2.56. The predicted octanol–water partition coefficient (Wildman–Crippen LogP) is 1.37. The Morgan fingerprint density at radius 1 is 1.44 bits per heavy atom. The molecule has 1 atom stereocenters. The summed E-state index contributed by atoms with van der Waals surface area (Å²) in [5.41, 5.74) is 0.225. The Kier molecular flexibility index (Phi) is 4.50. The summed E-state index contributed by atoms with van der Waals surface area (Å²) in [4.78, 5) is 11.4. The molecule has 1 aliphatic rings. The average Bonchev–Trinajstić information content (AvgIpc) is 2.29.